The maximum Gasteiger partial charge on any atom is 0.263 e. The summed E-state index contributed by atoms with van der Waals surface area (Å²) in [5.41, 5.74) is 6.74. The van der Waals surface area contributed by atoms with E-state index >= 15 is 0 Å². The molecule has 0 aliphatic carbocycles. The minimum atomic E-state index is -0.622. The van der Waals surface area contributed by atoms with Crippen LogP contribution in [0.1, 0.15) is 15.9 Å². The van der Waals surface area contributed by atoms with E-state index in [1.807, 2.05) is 0 Å². The summed E-state index contributed by atoms with van der Waals surface area (Å²) in [6.45, 7) is 0.164. The first-order chi connectivity index (χ1) is 12.0. The molecule has 0 heterocycles. The Kier molecular flexibility index (Phi) is 6.15. The third kappa shape index (κ3) is 4.83. The fraction of sp³-hybridized carbons (Fsp3) is 0.0556. The van der Waals surface area contributed by atoms with Crippen LogP contribution in [-0.2, 0) is 11.3 Å². The largest absolute Gasteiger partial charge is 0.398 e. The number of rotatable bonds is 5. The Balaban J connectivity index is 2.01. The van der Waals surface area contributed by atoms with Crippen molar-refractivity contribution in [1.29, 1.82) is 5.26 Å². The summed E-state index contributed by atoms with van der Waals surface area (Å²) >= 11 is 6.01. The molecular weight excluding hydrogens is 340 g/mol. The molecule has 0 spiro atoms. The average Bonchev–Trinajstić information content (AvgIpc) is 2.61. The standard InChI is InChI=1S/C18H15ClN4O2/c19-15-7-3-1-5-12(15)10-22-17(24)13(9-20)11-23-18(25)14-6-2-4-8-16(14)21/h1-8,11H,10,21H2,(H,22,24)(H,23,25)/b13-11-. The lowest BCUT2D eigenvalue weighted by molar-refractivity contribution is -0.117. The molecule has 0 aliphatic rings. The maximum absolute atomic E-state index is 12.1. The van der Waals surface area contributed by atoms with Crippen molar-refractivity contribution in [2.24, 2.45) is 0 Å². The van der Waals surface area contributed by atoms with Crippen LogP contribution in [0.2, 0.25) is 5.02 Å². The molecule has 0 fully saturated rings. The number of nitrogen functional groups attached to an aromatic ring is 1. The first kappa shape index (κ1) is 18.0. The van der Waals surface area contributed by atoms with Gasteiger partial charge in [-0.15, -0.1) is 0 Å². The van der Waals surface area contributed by atoms with Gasteiger partial charge in [0, 0.05) is 23.5 Å². The number of hydrogen-bond acceptors (Lipinski definition) is 4. The van der Waals surface area contributed by atoms with Gasteiger partial charge < -0.3 is 16.4 Å². The van der Waals surface area contributed by atoms with E-state index in [0.29, 0.717) is 10.7 Å². The van der Waals surface area contributed by atoms with E-state index in [-0.39, 0.29) is 17.7 Å². The molecule has 0 bridgehead atoms. The third-order valence-electron chi connectivity index (χ3n) is 3.32. The van der Waals surface area contributed by atoms with E-state index in [2.05, 4.69) is 10.6 Å². The van der Waals surface area contributed by atoms with Gasteiger partial charge in [-0.1, -0.05) is 41.9 Å². The number of benzene rings is 2. The van der Waals surface area contributed by atoms with Crippen molar-refractivity contribution in [2.45, 2.75) is 6.54 Å². The van der Waals surface area contributed by atoms with Crippen molar-refractivity contribution < 1.29 is 9.59 Å². The van der Waals surface area contributed by atoms with Crippen molar-refractivity contribution in [1.82, 2.24) is 10.6 Å². The molecular formula is C18H15ClN4O2. The number of nitrogens with one attached hydrogen (secondary N) is 2. The minimum Gasteiger partial charge on any atom is -0.398 e. The van der Waals surface area contributed by atoms with Gasteiger partial charge in [0.1, 0.15) is 11.6 Å². The molecule has 0 saturated carbocycles. The molecule has 2 aromatic carbocycles. The number of carbonyl (C=O) groups is 2. The quantitative estimate of drug-likeness (QED) is 0.435. The molecule has 0 saturated heterocycles. The SMILES string of the molecule is N#C/C(=C/NC(=O)c1ccccc1N)C(=O)NCc1ccccc1Cl. The Morgan fingerprint density at radius 1 is 1.16 bits per heavy atom. The van der Waals surface area contributed by atoms with Gasteiger partial charge in [0.2, 0.25) is 0 Å². The minimum absolute atomic E-state index is 0.164. The summed E-state index contributed by atoms with van der Waals surface area (Å²) in [7, 11) is 0. The first-order valence-corrected chi connectivity index (χ1v) is 7.68. The molecule has 126 valence electrons. The number of nitriles is 1. The van der Waals surface area contributed by atoms with Gasteiger partial charge in [-0.2, -0.15) is 5.26 Å². The molecule has 2 rings (SSSR count). The van der Waals surface area contributed by atoms with Gasteiger partial charge >= 0.3 is 0 Å². The van der Waals surface area contributed by atoms with Gasteiger partial charge in [-0.05, 0) is 23.8 Å². The van der Waals surface area contributed by atoms with Crippen LogP contribution in [0.5, 0.6) is 0 Å². The second-order valence-electron chi connectivity index (χ2n) is 5.00. The van der Waals surface area contributed by atoms with E-state index in [9.17, 15) is 9.59 Å². The predicted octanol–water partition coefficient (Wildman–Crippen LogP) is 2.38. The smallest absolute Gasteiger partial charge is 0.263 e. The summed E-state index contributed by atoms with van der Waals surface area (Å²) in [5, 5.41) is 14.6. The number of anilines is 1. The molecule has 0 atom stereocenters. The van der Waals surface area contributed by atoms with E-state index in [1.54, 1.807) is 54.6 Å². The molecule has 2 aromatic rings. The van der Waals surface area contributed by atoms with Crippen molar-refractivity contribution in [3.63, 3.8) is 0 Å². The monoisotopic (exact) mass is 354 g/mol. The Morgan fingerprint density at radius 2 is 1.84 bits per heavy atom. The highest BCUT2D eigenvalue weighted by molar-refractivity contribution is 6.31. The van der Waals surface area contributed by atoms with Crippen LogP contribution in [0, 0.1) is 11.3 Å². The topological polar surface area (TPSA) is 108 Å². The van der Waals surface area contributed by atoms with Crippen LogP contribution < -0.4 is 16.4 Å². The first-order valence-electron chi connectivity index (χ1n) is 7.30. The number of carbonyl (C=O) groups excluding carboxylic acids is 2. The fourth-order valence-corrected chi connectivity index (χ4v) is 2.18. The van der Waals surface area contributed by atoms with Gasteiger partial charge in [0.05, 0.1) is 5.56 Å². The zero-order valence-electron chi connectivity index (χ0n) is 13.1. The Morgan fingerprint density at radius 3 is 2.52 bits per heavy atom. The van der Waals surface area contributed by atoms with E-state index in [1.165, 1.54) is 0 Å². The highest BCUT2D eigenvalue weighted by atomic mass is 35.5. The maximum atomic E-state index is 12.1. The number of nitrogens with zero attached hydrogens (tertiary/aromatic N) is 1. The van der Waals surface area contributed by atoms with Gasteiger partial charge in [0.15, 0.2) is 0 Å². The molecule has 7 heteroatoms. The van der Waals surface area contributed by atoms with Crippen LogP contribution in [-0.4, -0.2) is 11.8 Å². The lowest BCUT2D eigenvalue weighted by Gasteiger charge is -2.07. The van der Waals surface area contributed by atoms with Crippen molar-refractivity contribution in [2.75, 3.05) is 5.73 Å². The van der Waals surface area contributed by atoms with E-state index in [0.717, 1.165) is 11.8 Å². The zero-order valence-corrected chi connectivity index (χ0v) is 13.9. The molecule has 0 aliphatic heterocycles. The van der Waals surface area contributed by atoms with Gasteiger partial charge in [-0.25, -0.2) is 0 Å². The molecule has 0 unspecified atom stereocenters. The van der Waals surface area contributed by atoms with Gasteiger partial charge in [-0.3, -0.25) is 9.59 Å². The summed E-state index contributed by atoms with van der Waals surface area (Å²) in [6, 6.07) is 15.3. The molecule has 0 aromatic heterocycles. The summed E-state index contributed by atoms with van der Waals surface area (Å²) in [4.78, 5) is 24.1. The van der Waals surface area contributed by atoms with Crippen LogP contribution in [0.25, 0.3) is 0 Å². The number of hydrogen-bond donors (Lipinski definition) is 3. The van der Waals surface area contributed by atoms with Crippen LogP contribution in [0.15, 0.2) is 60.3 Å². The zero-order chi connectivity index (χ0) is 18.2. The summed E-state index contributed by atoms with van der Waals surface area (Å²) < 4.78 is 0. The van der Waals surface area contributed by atoms with Crippen LogP contribution in [0.4, 0.5) is 5.69 Å². The number of para-hydroxylation sites is 1. The molecule has 0 radical (unpaired) electrons. The molecule has 25 heavy (non-hydrogen) atoms. The van der Waals surface area contributed by atoms with E-state index in [4.69, 9.17) is 22.6 Å². The number of halogens is 1. The van der Waals surface area contributed by atoms with Crippen molar-refractivity contribution in [3.05, 3.63) is 76.5 Å². The van der Waals surface area contributed by atoms with Crippen LogP contribution in [0.3, 0.4) is 0 Å². The van der Waals surface area contributed by atoms with Crippen LogP contribution >= 0.6 is 11.6 Å². The fourth-order valence-electron chi connectivity index (χ4n) is 1.98. The second-order valence-corrected chi connectivity index (χ2v) is 5.41. The normalized spacial score (nSPS) is 10.6. The average molecular weight is 355 g/mol. The third-order valence-corrected chi connectivity index (χ3v) is 3.68. The molecule has 2 amide bonds. The number of nitrogens with two attached hydrogens (primary N) is 1. The highest BCUT2D eigenvalue weighted by Crippen LogP contribution is 2.14. The predicted molar refractivity (Wildman–Crippen MR) is 95.3 cm³/mol. The highest BCUT2D eigenvalue weighted by Gasteiger charge is 2.12. The lowest BCUT2D eigenvalue weighted by atomic mass is 10.1. The molecule has 6 nitrogen and oxygen atoms in total. The van der Waals surface area contributed by atoms with E-state index < -0.39 is 11.8 Å². The summed E-state index contributed by atoms with van der Waals surface area (Å²) in [6.07, 6.45) is 1.05. The Bertz CT molecular complexity index is 871. The van der Waals surface area contributed by atoms with Crippen molar-refractivity contribution in [3.8, 4) is 6.07 Å². The van der Waals surface area contributed by atoms with Gasteiger partial charge in [0.25, 0.3) is 11.8 Å². The molecule has 4 N–H and O–H groups in total. The second kappa shape index (κ2) is 8.52. The lowest BCUT2D eigenvalue weighted by Crippen LogP contribution is -2.26. The number of amides is 2. The summed E-state index contributed by atoms with van der Waals surface area (Å²) in [5.74, 6) is -1.13. The van der Waals surface area contributed by atoms with Crippen molar-refractivity contribution >= 4 is 29.1 Å². The Hall–Kier alpha value is -3.30. The Labute approximate surface area is 149 Å².